The number of hydrogen-bond acceptors (Lipinski definition) is 4. The molecule has 0 spiro atoms. The second kappa shape index (κ2) is 10.8. The molecule has 0 unspecified atom stereocenters. The lowest BCUT2D eigenvalue weighted by molar-refractivity contribution is -0.115. The van der Waals surface area contributed by atoms with Gasteiger partial charge in [0.05, 0.1) is 10.6 Å². The van der Waals surface area contributed by atoms with Gasteiger partial charge in [0.1, 0.15) is 0 Å². The third kappa shape index (κ3) is 4.91. The average Bonchev–Trinajstić information content (AvgIpc) is 3.33. The Hall–Kier alpha value is -3.61. The first kappa shape index (κ1) is 25.4. The first-order chi connectivity index (χ1) is 19.6. The van der Waals surface area contributed by atoms with Crippen LogP contribution >= 0.6 is 27.7 Å². The van der Waals surface area contributed by atoms with E-state index in [4.69, 9.17) is 4.99 Å². The van der Waals surface area contributed by atoms with Crippen molar-refractivity contribution in [2.24, 2.45) is 4.99 Å². The normalized spacial score (nSPS) is 21.9. The molecular formula is C34H28BrN3OS. The summed E-state index contributed by atoms with van der Waals surface area (Å²) in [6.45, 7) is 2.12. The van der Waals surface area contributed by atoms with Gasteiger partial charge >= 0.3 is 0 Å². The van der Waals surface area contributed by atoms with E-state index in [2.05, 4.69) is 98.9 Å². The van der Waals surface area contributed by atoms with Crippen molar-refractivity contribution in [2.75, 3.05) is 18.0 Å². The Balaban J connectivity index is 1.31. The maximum absolute atomic E-state index is 12.8. The summed E-state index contributed by atoms with van der Waals surface area (Å²) in [6.07, 6.45) is 4.08. The van der Waals surface area contributed by atoms with Gasteiger partial charge in [0, 0.05) is 35.1 Å². The summed E-state index contributed by atoms with van der Waals surface area (Å²) in [5.74, 6) is 0.528. The number of aliphatic imine (C=N–C) groups is 1. The topological polar surface area (TPSA) is 44.7 Å². The van der Waals surface area contributed by atoms with Crippen LogP contribution in [0, 0.1) is 0 Å². The largest absolute Gasteiger partial charge is 0.371 e. The van der Waals surface area contributed by atoms with E-state index in [1.807, 2.05) is 30.3 Å². The lowest BCUT2D eigenvalue weighted by atomic mass is 9.76. The molecule has 1 N–H and O–H groups in total. The van der Waals surface area contributed by atoms with Crippen LogP contribution in [0.3, 0.4) is 0 Å². The maximum atomic E-state index is 12.8. The lowest BCUT2D eigenvalue weighted by Gasteiger charge is -2.43. The molecule has 1 saturated heterocycles. The molecule has 4 aromatic carbocycles. The van der Waals surface area contributed by atoms with E-state index in [0.717, 1.165) is 41.7 Å². The summed E-state index contributed by atoms with van der Waals surface area (Å²) in [5, 5.41) is 3.62. The minimum atomic E-state index is -0.110. The van der Waals surface area contributed by atoms with E-state index in [1.54, 1.807) is 0 Å². The average molecular weight is 607 g/mol. The van der Waals surface area contributed by atoms with Crippen LogP contribution in [0.25, 0.3) is 6.08 Å². The molecular weight excluding hydrogens is 578 g/mol. The quantitative estimate of drug-likeness (QED) is 0.238. The minimum Gasteiger partial charge on any atom is -0.371 e. The molecule has 0 radical (unpaired) electrons. The summed E-state index contributed by atoms with van der Waals surface area (Å²) >= 11 is 4.87. The number of nitrogens with zero attached hydrogens (tertiary/aromatic N) is 2. The first-order valence-electron chi connectivity index (χ1n) is 13.7. The smallest absolute Gasteiger partial charge is 0.264 e. The zero-order valence-electron chi connectivity index (χ0n) is 21.9. The fraction of sp³-hybridized carbons (Fsp3) is 0.176. The van der Waals surface area contributed by atoms with Crippen LogP contribution in [-0.2, 0) is 4.79 Å². The first-order valence-corrected chi connectivity index (χ1v) is 15.3. The van der Waals surface area contributed by atoms with Crippen LogP contribution in [0.15, 0.2) is 111 Å². The van der Waals surface area contributed by atoms with Crippen LogP contribution in [0.2, 0.25) is 0 Å². The number of anilines is 1. The SMILES string of the molecule is O=C1NC(=Nc2cc3c4c(c2)[C@H](c2ccccc2)CCN4CC[C@@H]3c2ccccc2)S/C1=C\c1ccc(Br)cc1. The Labute approximate surface area is 247 Å². The van der Waals surface area contributed by atoms with E-state index >= 15 is 0 Å². The van der Waals surface area contributed by atoms with E-state index in [0.29, 0.717) is 21.9 Å². The zero-order chi connectivity index (χ0) is 27.1. The van der Waals surface area contributed by atoms with Crippen molar-refractivity contribution in [2.45, 2.75) is 24.7 Å². The Morgan fingerprint density at radius 3 is 1.98 bits per heavy atom. The van der Waals surface area contributed by atoms with Gasteiger partial charge in [0.2, 0.25) is 0 Å². The summed E-state index contributed by atoms with van der Waals surface area (Å²) in [7, 11) is 0. The third-order valence-corrected chi connectivity index (χ3v) is 9.49. The highest BCUT2D eigenvalue weighted by atomic mass is 79.9. The van der Waals surface area contributed by atoms with E-state index < -0.39 is 0 Å². The maximum Gasteiger partial charge on any atom is 0.264 e. The number of carbonyl (C=O) groups is 1. The van der Waals surface area contributed by atoms with Crippen molar-refractivity contribution in [3.05, 3.63) is 134 Å². The van der Waals surface area contributed by atoms with E-state index in [-0.39, 0.29) is 5.91 Å². The summed E-state index contributed by atoms with van der Waals surface area (Å²) in [6, 6.07) is 34.1. The van der Waals surface area contributed by atoms with Crippen molar-refractivity contribution in [3.8, 4) is 0 Å². The number of nitrogens with one attached hydrogen (secondary N) is 1. The molecule has 6 heteroatoms. The summed E-state index contributed by atoms with van der Waals surface area (Å²) in [4.78, 5) is 21.1. The number of thioether (sulfide) groups is 1. The molecule has 3 heterocycles. The van der Waals surface area contributed by atoms with Gasteiger partial charge in [-0.05, 0) is 82.8 Å². The summed E-state index contributed by atoms with van der Waals surface area (Å²) in [5.41, 5.74) is 8.63. The van der Waals surface area contributed by atoms with Crippen molar-refractivity contribution in [1.29, 1.82) is 0 Å². The van der Waals surface area contributed by atoms with Gasteiger partial charge in [0.15, 0.2) is 5.17 Å². The van der Waals surface area contributed by atoms with Crippen molar-refractivity contribution in [3.63, 3.8) is 0 Å². The fourth-order valence-electron chi connectivity index (χ4n) is 6.21. The van der Waals surface area contributed by atoms with Gasteiger partial charge in [0.25, 0.3) is 5.91 Å². The van der Waals surface area contributed by atoms with E-state index in [9.17, 15) is 4.79 Å². The predicted octanol–water partition coefficient (Wildman–Crippen LogP) is 8.22. The highest BCUT2D eigenvalue weighted by Crippen LogP contribution is 2.50. The summed E-state index contributed by atoms with van der Waals surface area (Å²) < 4.78 is 1.01. The predicted molar refractivity (Wildman–Crippen MR) is 169 cm³/mol. The Morgan fingerprint density at radius 2 is 1.40 bits per heavy atom. The second-order valence-corrected chi connectivity index (χ2v) is 12.4. The zero-order valence-corrected chi connectivity index (χ0v) is 24.3. The molecule has 4 aromatic rings. The second-order valence-electron chi connectivity index (χ2n) is 10.5. The molecule has 3 aliphatic rings. The Bertz CT molecular complexity index is 1560. The molecule has 0 aliphatic carbocycles. The van der Waals surface area contributed by atoms with Gasteiger partial charge in [-0.1, -0.05) is 88.7 Å². The molecule has 1 fully saturated rings. The number of amides is 1. The standard InChI is InChI=1S/C34H28BrN3OS/c35-25-13-11-22(12-14-25)19-31-33(39)37-34(40-31)36-26-20-29-27(23-7-3-1-4-8-23)15-17-38-18-16-28(30(21-26)32(29)38)24-9-5-2-6-10-24/h1-14,19-21,27-28H,15-18H2,(H,36,37,39)/b31-19-/t27-,28+. The molecule has 7 rings (SSSR count). The van der Waals surface area contributed by atoms with Crippen molar-refractivity contribution < 1.29 is 4.79 Å². The molecule has 1 amide bonds. The number of hydrogen-bond donors (Lipinski definition) is 1. The van der Waals surface area contributed by atoms with Gasteiger partial charge in [-0.3, -0.25) is 4.79 Å². The van der Waals surface area contributed by atoms with Crippen LogP contribution < -0.4 is 10.2 Å². The van der Waals surface area contributed by atoms with Crippen LogP contribution in [0.5, 0.6) is 0 Å². The molecule has 2 atom stereocenters. The van der Waals surface area contributed by atoms with Gasteiger partial charge in [-0.15, -0.1) is 0 Å². The van der Waals surface area contributed by atoms with Crippen LogP contribution in [0.4, 0.5) is 11.4 Å². The molecule has 198 valence electrons. The van der Waals surface area contributed by atoms with Crippen molar-refractivity contribution >= 4 is 56.2 Å². The Morgan fingerprint density at radius 1 is 0.825 bits per heavy atom. The number of rotatable bonds is 4. The van der Waals surface area contributed by atoms with Crippen LogP contribution in [0.1, 0.15) is 52.5 Å². The van der Waals surface area contributed by atoms with Crippen LogP contribution in [-0.4, -0.2) is 24.2 Å². The van der Waals surface area contributed by atoms with Gasteiger partial charge in [-0.2, -0.15) is 0 Å². The highest BCUT2D eigenvalue weighted by Gasteiger charge is 2.35. The highest BCUT2D eigenvalue weighted by molar-refractivity contribution is 9.10. The molecule has 0 aromatic heterocycles. The fourth-order valence-corrected chi connectivity index (χ4v) is 7.32. The third-order valence-electron chi connectivity index (χ3n) is 8.05. The number of carbonyl (C=O) groups excluding carboxylic acids is 1. The monoisotopic (exact) mass is 605 g/mol. The number of benzene rings is 4. The Kier molecular flexibility index (Phi) is 6.82. The van der Waals surface area contributed by atoms with Crippen molar-refractivity contribution in [1.82, 2.24) is 5.32 Å². The molecule has 3 aliphatic heterocycles. The molecule has 0 bridgehead atoms. The van der Waals surface area contributed by atoms with Gasteiger partial charge in [-0.25, -0.2) is 4.99 Å². The molecule has 0 saturated carbocycles. The molecule has 4 nitrogen and oxygen atoms in total. The lowest BCUT2D eigenvalue weighted by Crippen LogP contribution is -2.37. The molecule has 40 heavy (non-hydrogen) atoms. The minimum absolute atomic E-state index is 0.110. The number of amidine groups is 1. The van der Waals surface area contributed by atoms with Gasteiger partial charge < -0.3 is 10.2 Å². The number of halogens is 1. The van der Waals surface area contributed by atoms with E-state index in [1.165, 1.54) is 39.7 Å².